The summed E-state index contributed by atoms with van der Waals surface area (Å²) in [6.07, 6.45) is 3.34. The van der Waals surface area contributed by atoms with Crippen LogP contribution in [0.2, 0.25) is 0 Å². The summed E-state index contributed by atoms with van der Waals surface area (Å²) >= 11 is 0. The summed E-state index contributed by atoms with van der Waals surface area (Å²) in [7, 11) is 3.59. The fourth-order valence-electron chi connectivity index (χ4n) is 5.11. The molecule has 224 valence electrons. The highest BCUT2D eigenvalue weighted by Gasteiger charge is 2.46. The van der Waals surface area contributed by atoms with Crippen molar-refractivity contribution in [2.24, 2.45) is 5.92 Å². The Morgan fingerprint density at radius 2 is 1.71 bits per heavy atom. The SMILES string of the molecule is CC(C)[C@H](NC(=O)[C@H](C)N(C)C)C(=O)N1CC[C@H]2Oc3ccc(cc3)C=CNC(=O)[C@H](Cc3ccccc3)NC(=O)[C@@H]21. The summed E-state index contributed by atoms with van der Waals surface area (Å²) in [5, 5.41) is 8.59. The molecule has 0 aliphatic carbocycles. The number of ether oxygens (including phenoxy) is 1. The monoisotopic (exact) mass is 575 g/mol. The van der Waals surface area contributed by atoms with Crippen LogP contribution in [-0.4, -0.2) is 84.3 Å². The number of fused-ring (bicyclic) bond motifs is 7. The quantitative estimate of drug-likeness (QED) is 0.464. The van der Waals surface area contributed by atoms with E-state index in [9.17, 15) is 19.2 Å². The number of nitrogens with zero attached hydrogens (tertiary/aromatic N) is 2. The Morgan fingerprint density at radius 1 is 1.02 bits per heavy atom. The summed E-state index contributed by atoms with van der Waals surface area (Å²) < 4.78 is 6.28. The van der Waals surface area contributed by atoms with Crippen molar-refractivity contribution < 1.29 is 23.9 Å². The molecule has 10 nitrogen and oxygen atoms in total. The third kappa shape index (κ3) is 7.36. The molecular weight excluding hydrogens is 534 g/mol. The third-order valence-electron chi connectivity index (χ3n) is 7.86. The Hall–Kier alpha value is -4.18. The largest absolute Gasteiger partial charge is 0.488 e. The first-order chi connectivity index (χ1) is 20.0. The van der Waals surface area contributed by atoms with Crippen molar-refractivity contribution in [2.75, 3.05) is 20.6 Å². The zero-order valence-corrected chi connectivity index (χ0v) is 24.9. The van der Waals surface area contributed by atoms with E-state index in [0.29, 0.717) is 12.2 Å². The highest BCUT2D eigenvalue weighted by atomic mass is 16.5. The lowest BCUT2D eigenvalue weighted by Crippen LogP contribution is -2.60. The number of likely N-dealkylation sites (N-methyl/N-ethyl adjacent to an activating group) is 1. The number of amides is 4. The first-order valence-electron chi connectivity index (χ1n) is 14.4. The molecule has 0 unspecified atom stereocenters. The predicted molar refractivity (Wildman–Crippen MR) is 160 cm³/mol. The van der Waals surface area contributed by atoms with Crippen molar-refractivity contribution in [3.63, 3.8) is 0 Å². The van der Waals surface area contributed by atoms with Gasteiger partial charge in [0.1, 0.15) is 30.0 Å². The smallest absolute Gasteiger partial charge is 0.247 e. The Kier molecular flexibility index (Phi) is 10.0. The average molecular weight is 576 g/mol. The van der Waals surface area contributed by atoms with Gasteiger partial charge in [-0.3, -0.25) is 24.1 Å². The first kappa shape index (κ1) is 30.8. The second-order valence-electron chi connectivity index (χ2n) is 11.5. The minimum Gasteiger partial charge on any atom is -0.488 e. The number of carbonyl (C=O) groups is 4. The number of carbonyl (C=O) groups excluding carboxylic acids is 4. The molecule has 3 aliphatic rings. The van der Waals surface area contributed by atoms with E-state index in [4.69, 9.17) is 4.74 Å². The lowest BCUT2D eigenvalue weighted by Gasteiger charge is -2.33. The van der Waals surface area contributed by atoms with Gasteiger partial charge in [0, 0.05) is 25.6 Å². The van der Waals surface area contributed by atoms with E-state index in [1.54, 1.807) is 50.3 Å². The summed E-state index contributed by atoms with van der Waals surface area (Å²) in [6, 6.07) is 13.5. The Balaban J connectivity index is 1.66. The van der Waals surface area contributed by atoms with Crippen molar-refractivity contribution >= 4 is 29.7 Å². The highest BCUT2D eigenvalue weighted by molar-refractivity contribution is 5.96. The average Bonchev–Trinajstić information content (AvgIpc) is 3.39. The van der Waals surface area contributed by atoms with Crippen LogP contribution >= 0.6 is 0 Å². The Labute approximate surface area is 247 Å². The number of hydrogen-bond donors (Lipinski definition) is 3. The first-order valence-corrected chi connectivity index (χ1v) is 14.4. The summed E-state index contributed by atoms with van der Waals surface area (Å²) in [5.74, 6) is -1.17. The van der Waals surface area contributed by atoms with E-state index in [1.165, 1.54) is 4.90 Å². The van der Waals surface area contributed by atoms with Crippen LogP contribution in [0.15, 0.2) is 60.8 Å². The van der Waals surface area contributed by atoms with E-state index in [2.05, 4.69) is 16.0 Å². The van der Waals surface area contributed by atoms with Crippen LogP contribution in [0.1, 0.15) is 38.3 Å². The van der Waals surface area contributed by atoms with Gasteiger partial charge in [0.15, 0.2) is 0 Å². The molecule has 0 spiro atoms. The summed E-state index contributed by atoms with van der Waals surface area (Å²) in [5.41, 5.74) is 1.74. The second-order valence-corrected chi connectivity index (χ2v) is 11.5. The lowest BCUT2D eigenvalue weighted by atomic mass is 10.0. The number of hydrogen-bond acceptors (Lipinski definition) is 6. The lowest BCUT2D eigenvalue weighted by molar-refractivity contribution is -0.144. The minimum atomic E-state index is -1.01. The molecule has 1 saturated heterocycles. The normalized spacial score (nSPS) is 22.1. The van der Waals surface area contributed by atoms with Gasteiger partial charge in [-0.25, -0.2) is 0 Å². The molecule has 0 aromatic heterocycles. The van der Waals surface area contributed by atoms with Crippen molar-refractivity contribution in [3.05, 3.63) is 71.9 Å². The zero-order chi connectivity index (χ0) is 30.4. The van der Waals surface area contributed by atoms with E-state index in [1.807, 2.05) is 56.3 Å². The highest BCUT2D eigenvalue weighted by Crippen LogP contribution is 2.27. The number of nitrogens with one attached hydrogen (secondary N) is 3. The molecule has 3 N–H and O–H groups in total. The van der Waals surface area contributed by atoms with Crippen LogP contribution in [0.5, 0.6) is 5.75 Å². The van der Waals surface area contributed by atoms with Crippen molar-refractivity contribution in [3.8, 4) is 5.75 Å². The van der Waals surface area contributed by atoms with Crippen LogP contribution in [0, 0.1) is 5.92 Å². The second kappa shape index (κ2) is 13.7. The zero-order valence-electron chi connectivity index (χ0n) is 24.9. The predicted octanol–water partition coefficient (Wildman–Crippen LogP) is 1.95. The minimum absolute atomic E-state index is 0.228. The molecule has 4 amide bonds. The number of likely N-dealkylation sites (tertiary alicyclic amines) is 1. The van der Waals surface area contributed by atoms with Gasteiger partial charge in [-0.2, -0.15) is 0 Å². The maximum atomic E-state index is 14.0. The molecule has 0 saturated carbocycles. The van der Waals surface area contributed by atoms with Gasteiger partial charge in [-0.15, -0.1) is 0 Å². The van der Waals surface area contributed by atoms with Crippen molar-refractivity contribution in [2.45, 2.75) is 63.9 Å². The molecule has 5 rings (SSSR count). The molecule has 0 radical (unpaired) electrons. The molecule has 2 aromatic carbocycles. The van der Waals surface area contributed by atoms with E-state index >= 15 is 0 Å². The molecule has 1 fully saturated rings. The van der Waals surface area contributed by atoms with Crippen LogP contribution in [0.3, 0.4) is 0 Å². The number of rotatable bonds is 7. The van der Waals surface area contributed by atoms with E-state index < -0.39 is 36.2 Å². The molecule has 42 heavy (non-hydrogen) atoms. The fraction of sp³-hybridized carbons (Fsp3) is 0.438. The summed E-state index contributed by atoms with van der Waals surface area (Å²) in [4.78, 5) is 57.5. The van der Waals surface area contributed by atoms with E-state index in [-0.39, 0.29) is 36.6 Å². The molecule has 10 heteroatoms. The maximum absolute atomic E-state index is 14.0. The van der Waals surface area contributed by atoms with Crippen LogP contribution < -0.4 is 20.7 Å². The maximum Gasteiger partial charge on any atom is 0.247 e. The molecule has 2 bridgehead atoms. The van der Waals surface area contributed by atoms with Crippen molar-refractivity contribution in [1.82, 2.24) is 25.8 Å². The number of benzene rings is 2. The van der Waals surface area contributed by atoms with Gasteiger partial charge in [0.05, 0.1) is 6.04 Å². The van der Waals surface area contributed by atoms with Gasteiger partial charge >= 0.3 is 0 Å². The van der Waals surface area contributed by atoms with Gasteiger partial charge in [0.2, 0.25) is 23.6 Å². The van der Waals surface area contributed by atoms with Gasteiger partial charge in [-0.05, 0) is 56.3 Å². The molecule has 3 aliphatic heterocycles. The van der Waals surface area contributed by atoms with Gasteiger partial charge in [-0.1, -0.05) is 56.3 Å². The molecular formula is C32H41N5O5. The Bertz CT molecular complexity index is 1290. The third-order valence-corrected chi connectivity index (χ3v) is 7.86. The Morgan fingerprint density at radius 3 is 2.36 bits per heavy atom. The molecule has 3 heterocycles. The molecule has 5 atom stereocenters. The van der Waals surface area contributed by atoms with Crippen LogP contribution in [0.25, 0.3) is 6.08 Å². The standard InChI is InChI=1S/C32H41N5O5/c1-20(2)27(35-29(38)21(3)36(4)5)32(41)37-18-16-26-28(37)31(40)34-25(19-23-9-7-6-8-10-23)30(39)33-17-15-22-11-13-24(42-26)14-12-22/h6-15,17,20-21,25-28H,16,18-19H2,1-5H3,(H,33,39)(H,34,40)(H,35,38)/t21-,25-,26+,27-,28+/m0/s1. The van der Waals surface area contributed by atoms with Gasteiger partial charge in [0.25, 0.3) is 0 Å². The van der Waals surface area contributed by atoms with Crippen molar-refractivity contribution in [1.29, 1.82) is 0 Å². The van der Waals surface area contributed by atoms with Crippen LogP contribution in [0.4, 0.5) is 0 Å². The summed E-state index contributed by atoms with van der Waals surface area (Å²) in [6.45, 7) is 5.74. The van der Waals surface area contributed by atoms with Crippen LogP contribution in [-0.2, 0) is 25.6 Å². The van der Waals surface area contributed by atoms with Gasteiger partial charge < -0.3 is 25.6 Å². The topological polar surface area (TPSA) is 120 Å². The molecule has 2 aromatic rings. The van der Waals surface area contributed by atoms with E-state index in [0.717, 1.165) is 11.1 Å². The fourth-order valence-corrected chi connectivity index (χ4v) is 5.11.